The van der Waals surface area contributed by atoms with Gasteiger partial charge in [-0.2, -0.15) is 4.99 Å². The molecular formula is C30H35N7O6S. The van der Waals surface area contributed by atoms with Crippen molar-refractivity contribution in [1.82, 2.24) is 19.8 Å². The number of nitrogens with one attached hydrogen (secondary N) is 2. The molecule has 2 aliphatic heterocycles. The number of nitrogens with zero attached hydrogens (tertiary/aromatic N) is 5. The van der Waals surface area contributed by atoms with Crippen LogP contribution in [0.4, 0.5) is 11.6 Å². The molecule has 0 bridgehead atoms. The van der Waals surface area contributed by atoms with Gasteiger partial charge in [-0.1, -0.05) is 12.1 Å². The third kappa shape index (κ3) is 7.02. The molecule has 1 unspecified atom stereocenters. The SMILES string of the molecule is COc1cc(NC(=S)/N=C(/Nc2nc(C)cc(C)n2)N2CCN(C(=O)C3COc4ccccc4O3)CC2)cc(OC)c1OC. The van der Waals surface area contributed by atoms with Gasteiger partial charge in [0.25, 0.3) is 5.91 Å². The molecule has 0 radical (unpaired) electrons. The summed E-state index contributed by atoms with van der Waals surface area (Å²) in [6, 6.07) is 12.7. The van der Waals surface area contributed by atoms with Gasteiger partial charge in [-0.25, -0.2) is 9.97 Å². The van der Waals surface area contributed by atoms with E-state index in [4.69, 9.17) is 40.9 Å². The number of hydrogen-bond donors (Lipinski definition) is 2. The molecule has 14 heteroatoms. The van der Waals surface area contributed by atoms with Crippen molar-refractivity contribution < 1.29 is 28.5 Å². The van der Waals surface area contributed by atoms with E-state index in [0.717, 1.165) is 11.4 Å². The summed E-state index contributed by atoms with van der Waals surface area (Å²) in [6.07, 6.45) is -0.707. The monoisotopic (exact) mass is 621 g/mol. The van der Waals surface area contributed by atoms with Crippen LogP contribution in [0.25, 0.3) is 0 Å². The quantitative estimate of drug-likeness (QED) is 0.238. The molecule has 3 heterocycles. The minimum absolute atomic E-state index is 0.122. The van der Waals surface area contributed by atoms with E-state index in [-0.39, 0.29) is 17.6 Å². The van der Waals surface area contributed by atoms with Crippen molar-refractivity contribution in [2.24, 2.45) is 4.99 Å². The fraction of sp³-hybridized carbons (Fsp3) is 0.367. The second-order valence-electron chi connectivity index (χ2n) is 10.1. The van der Waals surface area contributed by atoms with E-state index in [1.54, 1.807) is 37.3 Å². The Kier molecular flexibility index (Phi) is 9.48. The van der Waals surface area contributed by atoms with Crippen LogP contribution in [-0.2, 0) is 4.79 Å². The first-order valence-electron chi connectivity index (χ1n) is 14.0. The Balaban J connectivity index is 1.32. The van der Waals surface area contributed by atoms with E-state index < -0.39 is 6.10 Å². The summed E-state index contributed by atoms with van der Waals surface area (Å²) in [7, 11) is 4.62. The summed E-state index contributed by atoms with van der Waals surface area (Å²) in [5.41, 5.74) is 2.22. The maximum absolute atomic E-state index is 13.3. The van der Waals surface area contributed by atoms with Gasteiger partial charge in [0.05, 0.1) is 21.3 Å². The van der Waals surface area contributed by atoms with Crippen molar-refractivity contribution in [3.63, 3.8) is 0 Å². The number of hydrogen-bond acceptors (Lipinski definition) is 9. The average Bonchev–Trinajstić information content (AvgIpc) is 3.03. The summed E-state index contributed by atoms with van der Waals surface area (Å²) in [5.74, 6) is 3.32. The van der Waals surface area contributed by atoms with Gasteiger partial charge in [0, 0.05) is 55.4 Å². The van der Waals surface area contributed by atoms with Gasteiger partial charge in [0.1, 0.15) is 6.61 Å². The number of benzene rings is 2. The number of aromatic nitrogens is 2. The van der Waals surface area contributed by atoms with Crippen LogP contribution in [0.3, 0.4) is 0 Å². The van der Waals surface area contributed by atoms with E-state index in [1.165, 1.54) is 7.11 Å². The molecule has 2 aromatic carbocycles. The zero-order valence-corrected chi connectivity index (χ0v) is 26.1. The van der Waals surface area contributed by atoms with Crippen LogP contribution < -0.4 is 34.3 Å². The largest absolute Gasteiger partial charge is 0.493 e. The lowest BCUT2D eigenvalue weighted by atomic mass is 10.2. The van der Waals surface area contributed by atoms with Crippen molar-refractivity contribution in [2.75, 3.05) is 64.7 Å². The van der Waals surface area contributed by atoms with E-state index in [9.17, 15) is 4.79 Å². The Bertz CT molecular complexity index is 1520. The molecule has 1 saturated heterocycles. The second-order valence-corrected chi connectivity index (χ2v) is 10.4. The van der Waals surface area contributed by atoms with Crippen molar-refractivity contribution in [2.45, 2.75) is 20.0 Å². The number of anilines is 2. The maximum atomic E-state index is 13.3. The summed E-state index contributed by atoms with van der Waals surface area (Å²) in [6.45, 7) is 5.82. The van der Waals surface area contributed by atoms with Crippen LogP contribution in [0.1, 0.15) is 11.4 Å². The van der Waals surface area contributed by atoms with Gasteiger partial charge in [-0.3, -0.25) is 10.1 Å². The third-order valence-electron chi connectivity index (χ3n) is 7.00. The molecule has 0 aliphatic carbocycles. The number of carbonyl (C=O) groups is 1. The Morgan fingerprint density at radius 1 is 0.909 bits per heavy atom. The minimum atomic E-state index is -0.707. The lowest BCUT2D eigenvalue weighted by Gasteiger charge is -2.38. The number of aliphatic imine (C=N–C) groups is 1. The van der Waals surface area contributed by atoms with Crippen LogP contribution in [0.2, 0.25) is 0 Å². The number of rotatable bonds is 6. The number of amides is 1. The Morgan fingerprint density at radius 3 is 2.14 bits per heavy atom. The topological polar surface area (TPSA) is 132 Å². The first-order chi connectivity index (χ1) is 21.3. The molecule has 0 saturated carbocycles. The van der Waals surface area contributed by atoms with Gasteiger partial charge < -0.3 is 38.8 Å². The molecule has 0 spiro atoms. The van der Waals surface area contributed by atoms with Gasteiger partial charge in [0.2, 0.25) is 28.9 Å². The van der Waals surface area contributed by atoms with Crippen molar-refractivity contribution >= 4 is 40.8 Å². The predicted molar refractivity (Wildman–Crippen MR) is 169 cm³/mol. The molecule has 1 aromatic heterocycles. The summed E-state index contributed by atoms with van der Waals surface area (Å²) in [5, 5.41) is 6.54. The molecule has 3 aromatic rings. The predicted octanol–water partition coefficient (Wildman–Crippen LogP) is 3.27. The normalized spacial score (nSPS) is 16.2. The molecule has 1 amide bonds. The maximum Gasteiger partial charge on any atom is 0.267 e. The highest BCUT2D eigenvalue weighted by molar-refractivity contribution is 7.80. The van der Waals surface area contributed by atoms with Crippen molar-refractivity contribution in [1.29, 1.82) is 0 Å². The molecular weight excluding hydrogens is 586 g/mol. The lowest BCUT2D eigenvalue weighted by molar-refractivity contribution is -0.142. The van der Waals surface area contributed by atoms with Crippen LogP contribution in [-0.4, -0.2) is 97.0 Å². The van der Waals surface area contributed by atoms with Crippen molar-refractivity contribution in [3.8, 4) is 28.7 Å². The first-order valence-corrected chi connectivity index (χ1v) is 14.4. The Labute approximate surface area is 261 Å². The van der Waals surface area contributed by atoms with Gasteiger partial charge >= 0.3 is 0 Å². The number of guanidine groups is 1. The second kappa shape index (κ2) is 13.6. The van der Waals surface area contributed by atoms with Crippen LogP contribution in [0.15, 0.2) is 47.5 Å². The van der Waals surface area contributed by atoms with E-state index in [2.05, 4.69) is 20.6 Å². The number of para-hydroxylation sites is 2. The fourth-order valence-electron chi connectivity index (χ4n) is 4.94. The van der Waals surface area contributed by atoms with Crippen LogP contribution >= 0.6 is 12.2 Å². The zero-order chi connectivity index (χ0) is 31.2. The number of piperazine rings is 1. The summed E-state index contributed by atoms with van der Waals surface area (Å²) >= 11 is 5.64. The van der Waals surface area contributed by atoms with E-state index in [0.29, 0.717) is 72.5 Å². The highest BCUT2D eigenvalue weighted by Gasteiger charge is 2.33. The molecule has 13 nitrogen and oxygen atoms in total. The Morgan fingerprint density at radius 2 is 1.52 bits per heavy atom. The van der Waals surface area contributed by atoms with E-state index in [1.807, 2.05) is 43.0 Å². The van der Waals surface area contributed by atoms with Crippen LogP contribution in [0, 0.1) is 13.8 Å². The zero-order valence-electron chi connectivity index (χ0n) is 25.2. The van der Waals surface area contributed by atoms with Crippen LogP contribution in [0.5, 0.6) is 28.7 Å². The first kappa shape index (κ1) is 30.6. The smallest absolute Gasteiger partial charge is 0.267 e. The highest BCUT2D eigenvalue weighted by atomic mass is 32.1. The minimum Gasteiger partial charge on any atom is -0.493 e. The summed E-state index contributed by atoms with van der Waals surface area (Å²) < 4.78 is 28.0. The fourth-order valence-corrected chi connectivity index (χ4v) is 5.15. The lowest BCUT2D eigenvalue weighted by Crippen LogP contribution is -2.56. The molecule has 5 rings (SSSR count). The molecule has 1 atom stereocenters. The number of aryl methyl sites for hydroxylation is 2. The van der Waals surface area contributed by atoms with Gasteiger partial charge in [-0.05, 0) is 44.3 Å². The molecule has 2 N–H and O–H groups in total. The third-order valence-corrected chi connectivity index (χ3v) is 7.20. The number of ether oxygens (including phenoxy) is 5. The number of methoxy groups -OCH3 is 3. The number of thiocarbonyl (C=S) groups is 1. The van der Waals surface area contributed by atoms with Gasteiger partial charge in [-0.15, -0.1) is 0 Å². The average molecular weight is 622 g/mol. The Hall–Kier alpha value is -4.85. The van der Waals surface area contributed by atoms with E-state index >= 15 is 0 Å². The number of carbonyl (C=O) groups excluding carboxylic acids is 1. The molecule has 232 valence electrons. The number of fused-ring (bicyclic) bond motifs is 1. The van der Waals surface area contributed by atoms with Gasteiger partial charge in [0.15, 0.2) is 23.0 Å². The van der Waals surface area contributed by atoms with Crippen molar-refractivity contribution in [3.05, 3.63) is 53.9 Å². The molecule has 44 heavy (non-hydrogen) atoms. The highest BCUT2D eigenvalue weighted by Crippen LogP contribution is 2.40. The molecule has 1 fully saturated rings. The standard InChI is InChI=1S/C30H35N7O6S/c1-18-14-19(2)32-28(31-18)34-29(35-30(44)33-20-15-23(39-3)26(41-5)24(16-20)40-4)37-12-10-36(11-13-37)27(38)25-17-42-21-8-6-7-9-22(21)43-25/h6-9,14-16,25H,10-13,17H2,1-5H3,(H2,31,32,33,34,35,44). The summed E-state index contributed by atoms with van der Waals surface area (Å²) in [4.78, 5) is 30.8. The molecule has 2 aliphatic rings.